The molecule has 5 nitrogen and oxygen atoms in total. The number of hydrogen-bond donors (Lipinski definition) is 3. The van der Waals surface area contributed by atoms with Crippen LogP contribution in [-0.4, -0.2) is 27.5 Å². The van der Waals surface area contributed by atoms with Gasteiger partial charge >= 0.3 is 0 Å². The minimum absolute atomic E-state index is 0.144. The van der Waals surface area contributed by atoms with Crippen LogP contribution in [0.5, 0.6) is 0 Å². The van der Waals surface area contributed by atoms with Crippen LogP contribution < -0.4 is 5.84 Å². The van der Waals surface area contributed by atoms with Crippen molar-refractivity contribution in [3.8, 4) is 0 Å². The van der Waals surface area contributed by atoms with Gasteiger partial charge < -0.3 is 5.11 Å². The minimum atomic E-state index is -0.457. The van der Waals surface area contributed by atoms with Gasteiger partial charge in [0.1, 0.15) is 0 Å². The molecule has 0 heterocycles. The van der Waals surface area contributed by atoms with Gasteiger partial charge in [-0.25, -0.2) is 5.84 Å². The molecule has 0 saturated heterocycles. The van der Waals surface area contributed by atoms with E-state index in [-0.39, 0.29) is 23.6 Å². The quantitative estimate of drug-likeness (QED) is 0.247. The number of nitrogens with zero attached hydrogens (tertiary/aromatic N) is 1. The molecule has 0 aromatic heterocycles. The number of carbonyl (C=O) groups is 1. The molecule has 0 spiro atoms. The number of hydrazine groups is 1. The summed E-state index contributed by atoms with van der Waals surface area (Å²) in [5, 5.41) is 18.0. The van der Waals surface area contributed by atoms with Crippen molar-refractivity contribution in [1.29, 1.82) is 0 Å². The molecule has 13 heavy (non-hydrogen) atoms. The van der Waals surface area contributed by atoms with Gasteiger partial charge in [-0.15, -0.1) is 0 Å². The Morgan fingerprint density at radius 1 is 1.38 bits per heavy atom. The number of rotatable bonds is 2. The third kappa shape index (κ3) is 3.30. The summed E-state index contributed by atoms with van der Waals surface area (Å²) >= 11 is 0. The van der Waals surface area contributed by atoms with Crippen molar-refractivity contribution in [3.05, 3.63) is 0 Å². The molecule has 0 atom stereocenters. The summed E-state index contributed by atoms with van der Waals surface area (Å²) < 4.78 is 0. The molecule has 0 unspecified atom stereocenters. The normalized spacial score (nSPS) is 28.5. The molecule has 0 aromatic carbocycles. The van der Waals surface area contributed by atoms with E-state index in [1.165, 1.54) is 0 Å². The van der Waals surface area contributed by atoms with Crippen molar-refractivity contribution in [2.45, 2.75) is 38.2 Å². The van der Waals surface area contributed by atoms with Gasteiger partial charge in [-0.2, -0.15) is 5.17 Å². The fourth-order valence-corrected chi connectivity index (χ4v) is 1.69. The maximum absolute atomic E-state index is 11.0. The Hall–Kier alpha value is -0.650. The fraction of sp³-hybridized carbons (Fsp3) is 0.875. The molecule has 1 aliphatic carbocycles. The molecule has 76 valence electrons. The van der Waals surface area contributed by atoms with Gasteiger partial charge in [0.05, 0.1) is 6.10 Å². The van der Waals surface area contributed by atoms with E-state index in [2.05, 4.69) is 0 Å². The maximum atomic E-state index is 11.0. The lowest BCUT2D eigenvalue weighted by atomic mass is 9.85. The molecule has 4 N–H and O–H groups in total. The van der Waals surface area contributed by atoms with Crippen LogP contribution in [-0.2, 0) is 4.79 Å². The zero-order valence-corrected chi connectivity index (χ0v) is 7.52. The van der Waals surface area contributed by atoms with Gasteiger partial charge in [0.25, 0.3) is 5.91 Å². The lowest BCUT2D eigenvalue weighted by Crippen LogP contribution is -2.35. The second-order valence-electron chi connectivity index (χ2n) is 3.62. The number of aliphatic hydroxyl groups excluding tert-OH is 1. The fourth-order valence-electron chi connectivity index (χ4n) is 1.69. The number of nitrogens with two attached hydrogens (primary N) is 1. The van der Waals surface area contributed by atoms with Crippen LogP contribution in [0.15, 0.2) is 0 Å². The molecule has 1 rings (SSSR count). The SMILES string of the molecule is NN(O)C(=O)CC1CCC(O)CC1. The standard InChI is InChI=1S/C8H16N2O3/c9-10(13)8(12)5-6-1-3-7(11)4-2-6/h6-7,11,13H,1-5,9H2. The van der Waals surface area contributed by atoms with Gasteiger partial charge in [-0.05, 0) is 31.6 Å². The van der Waals surface area contributed by atoms with E-state index in [1.54, 1.807) is 0 Å². The molecule has 1 saturated carbocycles. The second-order valence-corrected chi connectivity index (χ2v) is 3.62. The summed E-state index contributed by atoms with van der Waals surface area (Å²) in [6.45, 7) is 0. The smallest absolute Gasteiger partial charge is 0.261 e. The van der Waals surface area contributed by atoms with E-state index in [0.29, 0.717) is 0 Å². The van der Waals surface area contributed by atoms with Gasteiger partial charge in [-0.1, -0.05) is 0 Å². The summed E-state index contributed by atoms with van der Waals surface area (Å²) in [4.78, 5) is 11.0. The summed E-state index contributed by atoms with van der Waals surface area (Å²) in [6, 6.07) is 0. The number of aliphatic hydroxyl groups is 1. The van der Waals surface area contributed by atoms with Crippen LogP contribution in [0.4, 0.5) is 0 Å². The van der Waals surface area contributed by atoms with Crippen molar-refractivity contribution in [2.75, 3.05) is 0 Å². The average Bonchev–Trinajstić information content (AvgIpc) is 2.08. The Morgan fingerprint density at radius 2 is 1.92 bits per heavy atom. The van der Waals surface area contributed by atoms with Crippen LogP contribution in [0.3, 0.4) is 0 Å². The maximum Gasteiger partial charge on any atom is 0.261 e. The lowest BCUT2D eigenvalue weighted by Gasteiger charge is -2.25. The molecule has 5 heteroatoms. The predicted octanol–water partition coefficient (Wildman–Crippen LogP) is 0.0191. The zero-order valence-electron chi connectivity index (χ0n) is 7.52. The van der Waals surface area contributed by atoms with Crippen LogP contribution >= 0.6 is 0 Å². The largest absolute Gasteiger partial charge is 0.393 e. The van der Waals surface area contributed by atoms with Crippen molar-refractivity contribution in [1.82, 2.24) is 5.17 Å². The molecule has 1 aliphatic rings. The third-order valence-electron chi connectivity index (χ3n) is 2.54. The van der Waals surface area contributed by atoms with Crippen LogP contribution in [0.2, 0.25) is 0 Å². The number of amides is 1. The lowest BCUT2D eigenvalue weighted by molar-refractivity contribution is -0.167. The molecule has 0 aliphatic heterocycles. The first-order valence-corrected chi connectivity index (χ1v) is 4.54. The highest BCUT2D eigenvalue weighted by Gasteiger charge is 2.22. The van der Waals surface area contributed by atoms with E-state index in [9.17, 15) is 9.90 Å². The first kappa shape index (κ1) is 10.4. The Kier molecular flexibility index (Phi) is 3.65. The Bertz CT molecular complexity index is 176. The highest BCUT2D eigenvalue weighted by atomic mass is 16.5. The van der Waals surface area contributed by atoms with E-state index in [4.69, 9.17) is 11.0 Å². The van der Waals surface area contributed by atoms with E-state index in [0.717, 1.165) is 25.7 Å². The molecule has 0 radical (unpaired) electrons. The van der Waals surface area contributed by atoms with Gasteiger partial charge in [0.2, 0.25) is 0 Å². The van der Waals surface area contributed by atoms with Crippen molar-refractivity contribution < 1.29 is 15.1 Å². The zero-order chi connectivity index (χ0) is 9.84. The average molecular weight is 188 g/mol. The Morgan fingerprint density at radius 3 is 2.38 bits per heavy atom. The second kappa shape index (κ2) is 4.55. The van der Waals surface area contributed by atoms with E-state index in [1.807, 2.05) is 0 Å². The topological polar surface area (TPSA) is 86.8 Å². The van der Waals surface area contributed by atoms with Gasteiger partial charge in [-0.3, -0.25) is 10.0 Å². The van der Waals surface area contributed by atoms with Crippen molar-refractivity contribution in [2.24, 2.45) is 11.8 Å². The summed E-state index contributed by atoms with van der Waals surface area (Å²) in [5.41, 5.74) is 0. The monoisotopic (exact) mass is 188 g/mol. The molecule has 1 amide bonds. The summed E-state index contributed by atoms with van der Waals surface area (Å²) in [7, 11) is 0. The molecule has 0 bridgehead atoms. The number of hydrogen-bond acceptors (Lipinski definition) is 4. The molecule has 1 fully saturated rings. The third-order valence-corrected chi connectivity index (χ3v) is 2.54. The van der Waals surface area contributed by atoms with E-state index >= 15 is 0 Å². The van der Waals surface area contributed by atoms with Crippen LogP contribution in [0, 0.1) is 5.92 Å². The number of hydroxylamine groups is 1. The molecule has 0 aromatic rings. The van der Waals surface area contributed by atoms with Gasteiger partial charge in [0, 0.05) is 6.42 Å². The van der Waals surface area contributed by atoms with Crippen LogP contribution in [0.25, 0.3) is 0 Å². The predicted molar refractivity (Wildman–Crippen MR) is 45.4 cm³/mol. The molecular formula is C8H16N2O3. The van der Waals surface area contributed by atoms with E-state index < -0.39 is 5.91 Å². The van der Waals surface area contributed by atoms with Gasteiger partial charge in [0.15, 0.2) is 0 Å². The van der Waals surface area contributed by atoms with Crippen molar-refractivity contribution in [3.63, 3.8) is 0 Å². The summed E-state index contributed by atoms with van der Waals surface area (Å²) in [6.07, 6.45) is 3.22. The Balaban J connectivity index is 2.26. The highest BCUT2D eigenvalue weighted by Crippen LogP contribution is 2.26. The molecular weight excluding hydrogens is 172 g/mol. The first-order valence-electron chi connectivity index (χ1n) is 4.54. The minimum Gasteiger partial charge on any atom is -0.393 e. The Labute approximate surface area is 77.1 Å². The van der Waals surface area contributed by atoms with Crippen LogP contribution in [0.1, 0.15) is 32.1 Å². The van der Waals surface area contributed by atoms with Crippen molar-refractivity contribution >= 4 is 5.91 Å². The first-order chi connectivity index (χ1) is 6.09. The summed E-state index contributed by atoms with van der Waals surface area (Å²) in [5.74, 6) is 4.67. The number of carbonyl (C=O) groups excluding carboxylic acids is 1. The highest BCUT2D eigenvalue weighted by molar-refractivity contribution is 5.74.